The molecule has 2 unspecified atom stereocenters. The van der Waals surface area contributed by atoms with Gasteiger partial charge in [-0.3, -0.25) is 9.59 Å². The molecule has 0 spiro atoms. The van der Waals surface area contributed by atoms with E-state index in [0.717, 1.165) is 12.0 Å². The van der Waals surface area contributed by atoms with Crippen molar-refractivity contribution >= 4 is 11.9 Å². The first kappa shape index (κ1) is 16.6. The Kier molecular flexibility index (Phi) is 4.64. The van der Waals surface area contributed by atoms with E-state index in [1.165, 1.54) is 17.7 Å². The fraction of sp³-hybridized carbons (Fsp3) is 0.556. The van der Waals surface area contributed by atoms with Crippen molar-refractivity contribution in [3.8, 4) is 11.5 Å². The van der Waals surface area contributed by atoms with E-state index in [4.69, 9.17) is 14.6 Å². The van der Waals surface area contributed by atoms with Crippen molar-refractivity contribution in [1.82, 2.24) is 4.90 Å². The Morgan fingerprint density at radius 2 is 1.79 bits per heavy atom. The van der Waals surface area contributed by atoms with Crippen LogP contribution in [-0.2, 0) is 16.1 Å². The minimum absolute atomic E-state index is 0.00403. The largest absolute Gasteiger partial charge is 0.497 e. The normalized spacial score (nSPS) is 21.9. The third-order valence-electron chi connectivity index (χ3n) is 4.81. The third kappa shape index (κ3) is 3.80. The van der Waals surface area contributed by atoms with Crippen molar-refractivity contribution < 1.29 is 24.2 Å². The summed E-state index contributed by atoms with van der Waals surface area (Å²) >= 11 is 0. The van der Waals surface area contributed by atoms with Gasteiger partial charge in [0.15, 0.2) is 0 Å². The average Bonchev–Trinajstić information content (AvgIpc) is 3.44. The van der Waals surface area contributed by atoms with Crippen molar-refractivity contribution in [2.24, 2.45) is 17.8 Å². The predicted molar refractivity (Wildman–Crippen MR) is 86.9 cm³/mol. The number of nitrogens with zero attached hydrogens (tertiary/aromatic N) is 1. The second-order valence-electron chi connectivity index (χ2n) is 6.65. The van der Waals surface area contributed by atoms with Crippen LogP contribution in [0.2, 0.25) is 0 Å². The first-order chi connectivity index (χ1) is 11.5. The molecular formula is C18H23NO5. The van der Waals surface area contributed by atoms with Crippen LogP contribution in [0.25, 0.3) is 0 Å². The lowest BCUT2D eigenvalue weighted by Gasteiger charge is -2.22. The Morgan fingerprint density at radius 3 is 2.29 bits per heavy atom. The fourth-order valence-electron chi connectivity index (χ4n) is 3.33. The molecule has 1 aromatic carbocycles. The third-order valence-corrected chi connectivity index (χ3v) is 4.81. The molecule has 2 saturated carbocycles. The van der Waals surface area contributed by atoms with Crippen LogP contribution in [0.5, 0.6) is 11.5 Å². The summed E-state index contributed by atoms with van der Waals surface area (Å²) in [6.45, 7) is -0.0428. The number of amides is 1. The lowest BCUT2D eigenvalue weighted by Crippen LogP contribution is -2.36. The molecule has 6 nitrogen and oxygen atoms in total. The number of hydrogen-bond donors (Lipinski definition) is 1. The highest BCUT2D eigenvalue weighted by Gasteiger charge is 2.52. The lowest BCUT2D eigenvalue weighted by atomic mass is 10.1. The molecule has 0 radical (unpaired) electrons. The van der Waals surface area contributed by atoms with E-state index in [0.29, 0.717) is 23.3 Å². The first-order valence-electron chi connectivity index (χ1n) is 8.24. The molecule has 1 N–H and O–H groups in total. The summed E-state index contributed by atoms with van der Waals surface area (Å²) in [5.41, 5.74) is 0.796. The van der Waals surface area contributed by atoms with Gasteiger partial charge in [-0.2, -0.15) is 0 Å². The maximum atomic E-state index is 12.7. The molecule has 3 rings (SSSR count). The fourth-order valence-corrected chi connectivity index (χ4v) is 3.33. The highest BCUT2D eigenvalue weighted by atomic mass is 16.5. The Morgan fingerprint density at radius 1 is 1.17 bits per heavy atom. The van der Waals surface area contributed by atoms with Crippen molar-refractivity contribution in [2.45, 2.75) is 25.8 Å². The smallest absolute Gasteiger partial charge is 0.323 e. The number of benzene rings is 1. The second kappa shape index (κ2) is 6.71. The molecule has 2 fully saturated rings. The summed E-state index contributed by atoms with van der Waals surface area (Å²) in [6.07, 6.45) is 3.32. The Labute approximate surface area is 141 Å². The number of carbonyl (C=O) groups excluding carboxylic acids is 1. The van der Waals surface area contributed by atoms with E-state index in [1.807, 2.05) is 0 Å². The summed E-state index contributed by atoms with van der Waals surface area (Å²) in [5, 5.41) is 9.16. The van der Waals surface area contributed by atoms with Gasteiger partial charge < -0.3 is 19.5 Å². The van der Waals surface area contributed by atoms with Crippen molar-refractivity contribution in [3.63, 3.8) is 0 Å². The predicted octanol–water partition coefficient (Wildman–Crippen LogP) is 2.16. The van der Waals surface area contributed by atoms with Crippen LogP contribution in [-0.4, -0.2) is 42.6 Å². The number of carbonyl (C=O) groups is 2. The SMILES string of the molecule is COc1cc(CN(CC(=O)O)C(=O)C2CC2C2CC2)cc(OC)c1. The molecular weight excluding hydrogens is 310 g/mol. The molecule has 24 heavy (non-hydrogen) atoms. The maximum absolute atomic E-state index is 12.7. The zero-order valence-corrected chi connectivity index (χ0v) is 14.0. The van der Waals surface area contributed by atoms with Gasteiger partial charge in [-0.25, -0.2) is 0 Å². The van der Waals surface area contributed by atoms with E-state index < -0.39 is 5.97 Å². The van der Waals surface area contributed by atoms with Gasteiger partial charge in [0.05, 0.1) is 14.2 Å². The maximum Gasteiger partial charge on any atom is 0.323 e. The van der Waals surface area contributed by atoms with Gasteiger partial charge in [0, 0.05) is 18.5 Å². The van der Waals surface area contributed by atoms with E-state index >= 15 is 0 Å². The van der Waals surface area contributed by atoms with Gasteiger partial charge in [-0.1, -0.05) is 0 Å². The molecule has 0 heterocycles. The Bertz CT molecular complexity index is 618. The number of methoxy groups -OCH3 is 2. The zero-order valence-electron chi connectivity index (χ0n) is 14.0. The van der Waals surface area contributed by atoms with Gasteiger partial charge in [-0.15, -0.1) is 0 Å². The quantitative estimate of drug-likeness (QED) is 0.789. The topological polar surface area (TPSA) is 76.1 Å². The number of rotatable bonds is 8. The lowest BCUT2D eigenvalue weighted by molar-refractivity contribution is -0.145. The molecule has 1 aromatic rings. The average molecular weight is 333 g/mol. The molecule has 0 bridgehead atoms. The van der Waals surface area contributed by atoms with Crippen molar-refractivity contribution in [1.29, 1.82) is 0 Å². The summed E-state index contributed by atoms with van der Waals surface area (Å²) < 4.78 is 10.5. The molecule has 2 aliphatic rings. The van der Waals surface area contributed by atoms with Gasteiger partial charge in [0.25, 0.3) is 0 Å². The molecule has 6 heteroatoms. The van der Waals surface area contributed by atoms with Crippen molar-refractivity contribution in [3.05, 3.63) is 23.8 Å². The molecule has 0 aliphatic heterocycles. The molecule has 130 valence electrons. The van der Waals surface area contributed by atoms with Gasteiger partial charge in [0.2, 0.25) is 5.91 Å². The van der Waals surface area contributed by atoms with Gasteiger partial charge >= 0.3 is 5.97 Å². The van der Waals surface area contributed by atoms with Crippen LogP contribution in [0.1, 0.15) is 24.8 Å². The molecule has 2 aliphatic carbocycles. The van der Waals surface area contributed by atoms with E-state index in [-0.39, 0.29) is 24.9 Å². The first-order valence-corrected chi connectivity index (χ1v) is 8.24. The monoisotopic (exact) mass is 333 g/mol. The minimum atomic E-state index is -0.998. The standard InChI is InChI=1S/C18H23NO5/c1-23-13-5-11(6-14(7-13)24-2)9-19(10-17(20)21)18(22)16-8-15(16)12-3-4-12/h5-7,12,15-16H,3-4,8-10H2,1-2H3,(H,20,21). The van der Waals surface area contributed by atoms with Crippen LogP contribution in [0.3, 0.4) is 0 Å². The summed E-state index contributed by atoms with van der Waals surface area (Å²) in [4.78, 5) is 25.3. The van der Waals surface area contributed by atoms with Crippen LogP contribution in [0.15, 0.2) is 18.2 Å². The molecule has 2 atom stereocenters. The zero-order chi connectivity index (χ0) is 17.3. The van der Waals surface area contributed by atoms with E-state index in [2.05, 4.69) is 0 Å². The summed E-state index contributed by atoms with van der Waals surface area (Å²) in [7, 11) is 3.12. The van der Waals surface area contributed by atoms with Crippen LogP contribution in [0.4, 0.5) is 0 Å². The number of carboxylic acids is 1. The van der Waals surface area contributed by atoms with Crippen LogP contribution in [0, 0.1) is 17.8 Å². The van der Waals surface area contributed by atoms with E-state index in [1.54, 1.807) is 32.4 Å². The number of ether oxygens (including phenoxy) is 2. The minimum Gasteiger partial charge on any atom is -0.497 e. The van der Waals surface area contributed by atoms with Crippen molar-refractivity contribution in [2.75, 3.05) is 20.8 Å². The number of carboxylic acid groups (broad SMARTS) is 1. The highest BCUT2D eigenvalue weighted by Crippen LogP contribution is 2.55. The Hall–Kier alpha value is -2.24. The van der Waals surface area contributed by atoms with Gasteiger partial charge in [0.1, 0.15) is 18.0 Å². The van der Waals surface area contributed by atoms with Crippen LogP contribution >= 0.6 is 0 Å². The molecule has 1 amide bonds. The van der Waals surface area contributed by atoms with E-state index in [9.17, 15) is 9.59 Å². The number of aliphatic carboxylic acids is 1. The second-order valence-corrected chi connectivity index (χ2v) is 6.65. The molecule has 0 saturated heterocycles. The number of hydrogen-bond acceptors (Lipinski definition) is 4. The van der Waals surface area contributed by atoms with Gasteiger partial charge in [-0.05, 0) is 48.8 Å². The Balaban J connectivity index is 1.74. The summed E-state index contributed by atoms with van der Waals surface area (Å²) in [6, 6.07) is 5.35. The summed E-state index contributed by atoms with van der Waals surface area (Å²) in [5.74, 6) is 1.35. The van der Waals surface area contributed by atoms with Crippen LogP contribution < -0.4 is 9.47 Å². The molecule has 0 aromatic heterocycles. The highest BCUT2D eigenvalue weighted by molar-refractivity contribution is 5.85.